The minimum Gasteiger partial charge on any atom is -0.491 e. The number of amidine groups is 1. The predicted molar refractivity (Wildman–Crippen MR) is 120 cm³/mol. The SMILES string of the molecule is CCCCN=C(N)NC(=O)C1=NC(Cl)C(=N)N(c2ccc(OCC(O)CO)cc2)C1N. The van der Waals surface area contributed by atoms with Crippen LogP contribution in [0.4, 0.5) is 5.69 Å². The van der Waals surface area contributed by atoms with Crippen LogP contribution in [0.1, 0.15) is 19.8 Å². The van der Waals surface area contributed by atoms with Gasteiger partial charge in [0.05, 0.1) is 6.61 Å². The molecule has 31 heavy (non-hydrogen) atoms. The highest BCUT2D eigenvalue weighted by Gasteiger charge is 2.36. The van der Waals surface area contributed by atoms with Gasteiger partial charge in [0.1, 0.15) is 36.2 Å². The second-order valence-electron chi connectivity index (χ2n) is 6.77. The van der Waals surface area contributed by atoms with E-state index in [-0.39, 0.29) is 24.1 Å². The molecule has 170 valence electrons. The fourth-order valence-corrected chi connectivity index (χ4v) is 2.88. The largest absolute Gasteiger partial charge is 0.491 e. The van der Waals surface area contributed by atoms with Crippen molar-refractivity contribution in [2.75, 3.05) is 24.7 Å². The van der Waals surface area contributed by atoms with Crippen molar-refractivity contribution in [1.82, 2.24) is 5.32 Å². The van der Waals surface area contributed by atoms with Crippen LogP contribution >= 0.6 is 11.6 Å². The average Bonchev–Trinajstić information content (AvgIpc) is 2.75. The Bertz CT molecular complexity index is 831. The van der Waals surface area contributed by atoms with Crippen LogP contribution in [-0.2, 0) is 4.79 Å². The molecule has 0 saturated carbocycles. The van der Waals surface area contributed by atoms with Gasteiger partial charge >= 0.3 is 0 Å². The Balaban J connectivity index is 2.15. The number of aliphatic hydroxyl groups is 2. The maximum absolute atomic E-state index is 12.6. The number of guanidine groups is 1. The average molecular weight is 454 g/mol. The van der Waals surface area contributed by atoms with E-state index < -0.39 is 30.3 Å². The lowest BCUT2D eigenvalue weighted by atomic mass is 10.1. The number of carbonyl (C=O) groups excluding carboxylic acids is 1. The molecule has 2 rings (SSSR count). The summed E-state index contributed by atoms with van der Waals surface area (Å²) in [7, 11) is 0. The molecule has 1 heterocycles. The van der Waals surface area contributed by atoms with Crippen LogP contribution in [0.5, 0.6) is 5.75 Å². The number of nitrogens with zero attached hydrogens (tertiary/aromatic N) is 3. The summed E-state index contributed by atoms with van der Waals surface area (Å²) in [6.07, 6.45) is -0.284. The lowest BCUT2D eigenvalue weighted by Crippen LogP contribution is -2.61. The quantitative estimate of drug-likeness (QED) is 0.0977. The van der Waals surface area contributed by atoms with Gasteiger partial charge in [0.15, 0.2) is 11.5 Å². The number of anilines is 1. The molecule has 0 aliphatic carbocycles. The molecule has 1 amide bonds. The van der Waals surface area contributed by atoms with Gasteiger partial charge in [-0.2, -0.15) is 0 Å². The van der Waals surface area contributed by atoms with E-state index >= 15 is 0 Å². The lowest BCUT2D eigenvalue weighted by molar-refractivity contribution is -0.113. The Morgan fingerprint density at radius 1 is 1.45 bits per heavy atom. The number of hydrogen-bond acceptors (Lipinski definition) is 8. The van der Waals surface area contributed by atoms with Gasteiger partial charge in [-0.05, 0) is 30.7 Å². The highest BCUT2D eigenvalue weighted by atomic mass is 35.5. The molecule has 0 aromatic heterocycles. The fourth-order valence-electron chi connectivity index (χ4n) is 2.66. The highest BCUT2D eigenvalue weighted by Crippen LogP contribution is 2.25. The summed E-state index contributed by atoms with van der Waals surface area (Å²) in [5.74, 6) is -0.345. The third kappa shape index (κ3) is 6.62. The number of ether oxygens (including phenoxy) is 1. The van der Waals surface area contributed by atoms with Gasteiger partial charge in [-0.1, -0.05) is 24.9 Å². The van der Waals surface area contributed by atoms with Crippen molar-refractivity contribution in [2.45, 2.75) is 37.5 Å². The molecule has 0 radical (unpaired) electrons. The zero-order valence-electron chi connectivity index (χ0n) is 17.2. The van der Waals surface area contributed by atoms with Crippen molar-refractivity contribution in [3.63, 3.8) is 0 Å². The summed E-state index contributed by atoms with van der Waals surface area (Å²) in [6, 6.07) is 6.46. The Morgan fingerprint density at radius 3 is 2.74 bits per heavy atom. The third-order valence-corrected chi connectivity index (χ3v) is 4.64. The maximum Gasteiger partial charge on any atom is 0.275 e. The van der Waals surface area contributed by atoms with Crippen molar-refractivity contribution in [3.05, 3.63) is 24.3 Å². The monoisotopic (exact) mass is 453 g/mol. The van der Waals surface area contributed by atoms with Gasteiger partial charge in [-0.25, -0.2) is 0 Å². The van der Waals surface area contributed by atoms with E-state index in [1.165, 1.54) is 4.90 Å². The minimum atomic E-state index is -1.12. The summed E-state index contributed by atoms with van der Waals surface area (Å²) in [6.45, 7) is 2.02. The molecule has 3 unspecified atom stereocenters. The van der Waals surface area contributed by atoms with Gasteiger partial charge < -0.3 is 31.3 Å². The summed E-state index contributed by atoms with van der Waals surface area (Å²) in [5, 5.41) is 28.9. The first-order valence-electron chi connectivity index (χ1n) is 9.76. The first kappa shape index (κ1) is 24.5. The van der Waals surface area contributed by atoms with Crippen molar-refractivity contribution in [1.29, 1.82) is 5.41 Å². The fraction of sp³-hybridized carbons (Fsp3) is 0.474. The highest BCUT2D eigenvalue weighted by molar-refractivity contribution is 6.47. The third-order valence-electron chi connectivity index (χ3n) is 4.33. The number of nitrogens with two attached hydrogens (primary N) is 2. The second kappa shape index (κ2) is 11.6. The van der Waals surface area contributed by atoms with Crippen molar-refractivity contribution >= 4 is 40.7 Å². The number of alkyl halides is 1. The van der Waals surface area contributed by atoms with Crippen LogP contribution < -0.4 is 26.4 Å². The number of hydrogen-bond donors (Lipinski definition) is 6. The summed E-state index contributed by atoms with van der Waals surface area (Å²) >= 11 is 6.16. The number of amides is 1. The molecule has 0 spiro atoms. The predicted octanol–water partition coefficient (Wildman–Crippen LogP) is -0.262. The van der Waals surface area contributed by atoms with Crippen LogP contribution in [0, 0.1) is 5.41 Å². The number of nitrogens with one attached hydrogen (secondary N) is 2. The zero-order chi connectivity index (χ0) is 23.0. The van der Waals surface area contributed by atoms with Crippen LogP contribution in [-0.4, -0.2) is 71.2 Å². The molecule has 1 aliphatic heterocycles. The topological polar surface area (TPSA) is 183 Å². The Hall–Kier alpha value is -2.73. The molecule has 1 aliphatic rings. The van der Waals surface area contributed by atoms with Gasteiger partial charge in [-0.15, -0.1) is 0 Å². The van der Waals surface area contributed by atoms with Gasteiger partial charge in [0.25, 0.3) is 5.91 Å². The van der Waals surface area contributed by atoms with Gasteiger partial charge in [0, 0.05) is 12.2 Å². The summed E-state index contributed by atoms with van der Waals surface area (Å²) in [4.78, 5) is 22.1. The van der Waals surface area contributed by atoms with Crippen LogP contribution in [0.2, 0.25) is 0 Å². The first-order chi connectivity index (χ1) is 14.8. The van der Waals surface area contributed by atoms with E-state index in [1.54, 1.807) is 24.3 Å². The number of unbranched alkanes of at least 4 members (excludes halogenated alkanes) is 1. The van der Waals surface area contributed by atoms with E-state index in [0.29, 0.717) is 18.0 Å². The molecular weight excluding hydrogens is 426 g/mol. The van der Waals surface area contributed by atoms with E-state index in [4.69, 9.17) is 38.3 Å². The minimum absolute atomic E-state index is 0.0433. The molecule has 1 aromatic rings. The summed E-state index contributed by atoms with van der Waals surface area (Å²) in [5.41, 5.74) is 11.2. The number of aliphatic hydroxyl groups excluding tert-OH is 2. The Labute approximate surface area is 185 Å². The van der Waals surface area contributed by atoms with E-state index in [0.717, 1.165) is 12.8 Å². The Kier molecular flexibility index (Phi) is 9.19. The van der Waals surface area contributed by atoms with Gasteiger partial charge in [0.2, 0.25) is 0 Å². The van der Waals surface area contributed by atoms with Crippen LogP contribution in [0.3, 0.4) is 0 Å². The molecule has 12 heteroatoms. The number of carbonyl (C=O) groups is 1. The van der Waals surface area contributed by atoms with Crippen molar-refractivity contribution < 1.29 is 19.7 Å². The molecular formula is C19H28ClN7O4. The van der Waals surface area contributed by atoms with Crippen molar-refractivity contribution in [2.24, 2.45) is 21.5 Å². The van der Waals surface area contributed by atoms with Crippen LogP contribution in [0.15, 0.2) is 34.3 Å². The molecule has 1 aromatic carbocycles. The normalized spacial score (nSPS) is 20.3. The summed E-state index contributed by atoms with van der Waals surface area (Å²) < 4.78 is 5.36. The standard InChI is InChI=1S/C19H28ClN7O4/c1-2-3-8-24-19(23)26-18(30)14-16(21)27(17(22)15(20)25-14)11-4-6-13(7-5-11)31-10-12(29)9-28/h4-7,12,15-16,22,28-29H,2-3,8-10,21H2,1H3,(H3,23,24,26,30). The first-order valence-corrected chi connectivity index (χ1v) is 10.2. The molecule has 3 atom stereocenters. The molecule has 11 nitrogen and oxygen atoms in total. The number of aliphatic imine (C=N–C) groups is 2. The second-order valence-corrected chi connectivity index (χ2v) is 7.18. The number of rotatable bonds is 9. The van der Waals surface area contributed by atoms with E-state index in [9.17, 15) is 9.90 Å². The lowest BCUT2D eigenvalue weighted by Gasteiger charge is -2.36. The van der Waals surface area contributed by atoms with Crippen LogP contribution in [0.25, 0.3) is 0 Å². The molecule has 0 saturated heterocycles. The molecule has 8 N–H and O–H groups in total. The number of halogens is 1. The zero-order valence-corrected chi connectivity index (χ0v) is 17.9. The smallest absolute Gasteiger partial charge is 0.275 e. The van der Waals surface area contributed by atoms with E-state index in [2.05, 4.69) is 15.3 Å². The van der Waals surface area contributed by atoms with Gasteiger partial charge in [-0.3, -0.25) is 25.5 Å². The molecule has 0 fully saturated rings. The van der Waals surface area contributed by atoms with E-state index in [1.807, 2.05) is 6.92 Å². The number of benzene rings is 1. The molecule has 0 bridgehead atoms. The van der Waals surface area contributed by atoms with Crippen molar-refractivity contribution in [3.8, 4) is 5.75 Å². The Morgan fingerprint density at radius 2 is 2.13 bits per heavy atom. The maximum atomic E-state index is 12.6.